The number of sulfone groups is 1. The summed E-state index contributed by atoms with van der Waals surface area (Å²) in [7, 11) is -1.41. The summed E-state index contributed by atoms with van der Waals surface area (Å²) >= 11 is 0. The molecule has 0 aromatic heterocycles. The molecule has 0 aliphatic carbocycles. The molecule has 2 amide bonds. The highest BCUT2D eigenvalue weighted by Gasteiger charge is 2.33. The van der Waals surface area contributed by atoms with E-state index < -0.39 is 9.84 Å². The van der Waals surface area contributed by atoms with Gasteiger partial charge in [-0.2, -0.15) is 0 Å². The van der Waals surface area contributed by atoms with Crippen molar-refractivity contribution in [2.45, 2.75) is 39.2 Å². The third kappa shape index (κ3) is 6.47. The van der Waals surface area contributed by atoms with Crippen molar-refractivity contribution in [1.29, 1.82) is 0 Å². The van der Waals surface area contributed by atoms with Gasteiger partial charge in [-0.1, -0.05) is 0 Å². The monoisotopic (exact) mass is 348 g/mol. The molecule has 23 heavy (non-hydrogen) atoms. The molecular formula is C15H28N2O5S. The highest BCUT2D eigenvalue weighted by Crippen LogP contribution is 2.18. The van der Waals surface area contributed by atoms with Crippen molar-refractivity contribution >= 4 is 21.7 Å². The van der Waals surface area contributed by atoms with Gasteiger partial charge in [0.1, 0.15) is 0 Å². The number of amides is 2. The molecular weight excluding hydrogens is 320 g/mol. The topological polar surface area (TPSA) is 84.0 Å². The second-order valence-electron chi connectivity index (χ2n) is 5.84. The van der Waals surface area contributed by atoms with Crippen molar-refractivity contribution in [2.75, 3.05) is 44.9 Å². The van der Waals surface area contributed by atoms with E-state index in [0.717, 1.165) is 6.42 Å². The highest BCUT2D eigenvalue weighted by molar-refractivity contribution is 7.91. The third-order valence-electron chi connectivity index (χ3n) is 4.13. The van der Waals surface area contributed by atoms with Crippen molar-refractivity contribution in [2.24, 2.45) is 0 Å². The molecule has 1 unspecified atom stereocenters. The van der Waals surface area contributed by atoms with E-state index in [0.29, 0.717) is 32.7 Å². The first-order valence-corrected chi connectivity index (χ1v) is 9.87. The van der Waals surface area contributed by atoms with E-state index in [1.165, 1.54) is 6.92 Å². The molecule has 134 valence electrons. The van der Waals surface area contributed by atoms with Crippen molar-refractivity contribution in [1.82, 2.24) is 9.80 Å². The van der Waals surface area contributed by atoms with Crippen LogP contribution in [0.3, 0.4) is 0 Å². The van der Waals surface area contributed by atoms with E-state index in [-0.39, 0.29) is 35.8 Å². The zero-order valence-electron chi connectivity index (χ0n) is 14.3. The minimum Gasteiger partial charge on any atom is -0.385 e. The summed E-state index contributed by atoms with van der Waals surface area (Å²) in [4.78, 5) is 27.3. The van der Waals surface area contributed by atoms with Gasteiger partial charge in [-0.05, 0) is 19.8 Å². The fourth-order valence-electron chi connectivity index (χ4n) is 2.86. The molecule has 1 saturated heterocycles. The molecule has 1 heterocycles. The maximum absolute atomic E-state index is 12.4. The molecule has 0 N–H and O–H groups in total. The smallest absolute Gasteiger partial charge is 0.224 e. The Morgan fingerprint density at radius 1 is 1.26 bits per heavy atom. The van der Waals surface area contributed by atoms with Crippen LogP contribution in [0.1, 0.15) is 33.1 Å². The zero-order valence-corrected chi connectivity index (χ0v) is 15.1. The van der Waals surface area contributed by atoms with Crippen molar-refractivity contribution in [3.63, 3.8) is 0 Å². The number of hydrogen-bond donors (Lipinski definition) is 0. The van der Waals surface area contributed by atoms with Crippen LogP contribution < -0.4 is 0 Å². The molecule has 0 bridgehead atoms. The molecule has 0 aromatic rings. The van der Waals surface area contributed by atoms with Crippen LogP contribution in [0.2, 0.25) is 0 Å². The normalized spacial score (nSPS) is 19.5. The Bertz CT molecular complexity index is 506. The van der Waals surface area contributed by atoms with Crippen molar-refractivity contribution < 1.29 is 22.7 Å². The van der Waals surface area contributed by atoms with Crippen LogP contribution in [0.4, 0.5) is 0 Å². The van der Waals surface area contributed by atoms with Gasteiger partial charge in [-0.3, -0.25) is 9.59 Å². The Hall–Kier alpha value is -1.15. The second kappa shape index (κ2) is 9.22. The largest absolute Gasteiger partial charge is 0.385 e. The molecule has 1 fully saturated rings. The molecule has 0 spiro atoms. The number of nitrogens with zero attached hydrogens (tertiary/aromatic N) is 2. The first kappa shape index (κ1) is 19.9. The van der Waals surface area contributed by atoms with Crippen molar-refractivity contribution in [3.8, 4) is 0 Å². The van der Waals surface area contributed by atoms with Crippen LogP contribution in [0.5, 0.6) is 0 Å². The Morgan fingerprint density at radius 3 is 2.43 bits per heavy atom. The van der Waals surface area contributed by atoms with Gasteiger partial charge in [0, 0.05) is 52.7 Å². The van der Waals surface area contributed by atoms with Crippen molar-refractivity contribution in [3.05, 3.63) is 0 Å². The minimum absolute atomic E-state index is 0.0524. The quantitative estimate of drug-likeness (QED) is 0.560. The lowest BCUT2D eigenvalue weighted by Gasteiger charge is -2.28. The van der Waals surface area contributed by atoms with Gasteiger partial charge >= 0.3 is 0 Å². The summed E-state index contributed by atoms with van der Waals surface area (Å²) in [5.41, 5.74) is 0. The van der Waals surface area contributed by atoms with Crippen LogP contribution in [0.25, 0.3) is 0 Å². The van der Waals surface area contributed by atoms with Gasteiger partial charge in [-0.25, -0.2) is 8.42 Å². The van der Waals surface area contributed by atoms with Gasteiger partial charge in [0.05, 0.1) is 11.5 Å². The summed E-state index contributed by atoms with van der Waals surface area (Å²) in [5.74, 6) is 0.0440. The second-order valence-corrected chi connectivity index (χ2v) is 8.07. The average molecular weight is 348 g/mol. The molecule has 1 aliphatic heterocycles. The van der Waals surface area contributed by atoms with Crippen LogP contribution in [0.15, 0.2) is 0 Å². The summed E-state index contributed by atoms with van der Waals surface area (Å²) in [5, 5.41) is 0. The number of rotatable bonds is 9. The van der Waals surface area contributed by atoms with Crippen LogP contribution in [-0.4, -0.2) is 80.9 Å². The fraction of sp³-hybridized carbons (Fsp3) is 0.867. The van der Waals surface area contributed by atoms with E-state index in [9.17, 15) is 18.0 Å². The lowest BCUT2D eigenvalue weighted by molar-refractivity contribution is -0.134. The summed E-state index contributed by atoms with van der Waals surface area (Å²) in [6.45, 7) is 5.30. The van der Waals surface area contributed by atoms with Gasteiger partial charge in [-0.15, -0.1) is 0 Å². The molecule has 0 saturated carbocycles. The van der Waals surface area contributed by atoms with E-state index >= 15 is 0 Å². The number of ether oxygens (including phenoxy) is 1. The Kier molecular flexibility index (Phi) is 7.98. The first-order valence-electron chi connectivity index (χ1n) is 8.05. The SMILES string of the molecule is CCN(C(=O)CCN(CCCOC)C(C)=O)C1CCS(=O)(=O)C1. The average Bonchev–Trinajstić information content (AvgIpc) is 2.83. The molecule has 0 aromatic carbocycles. The number of hydrogen-bond acceptors (Lipinski definition) is 5. The summed E-state index contributed by atoms with van der Waals surface area (Å²) in [6, 6.07) is -0.225. The van der Waals surface area contributed by atoms with Gasteiger partial charge in [0.2, 0.25) is 11.8 Å². The first-order chi connectivity index (χ1) is 10.8. The van der Waals surface area contributed by atoms with Crippen LogP contribution in [-0.2, 0) is 24.2 Å². The van der Waals surface area contributed by atoms with Crippen LogP contribution in [0, 0.1) is 0 Å². The van der Waals surface area contributed by atoms with Crippen LogP contribution >= 0.6 is 0 Å². The Morgan fingerprint density at radius 2 is 1.96 bits per heavy atom. The van der Waals surface area contributed by atoms with E-state index in [2.05, 4.69) is 0 Å². The molecule has 1 rings (SSSR count). The van der Waals surface area contributed by atoms with E-state index in [4.69, 9.17) is 4.74 Å². The standard InChI is InChI=1S/C15H28N2O5S/c1-4-17(14-7-11-23(20,21)12-14)15(19)6-9-16(13(2)18)8-5-10-22-3/h14H,4-12H2,1-3H3. The maximum Gasteiger partial charge on any atom is 0.224 e. The Balaban J connectivity index is 2.53. The lowest BCUT2D eigenvalue weighted by Crippen LogP contribution is -2.43. The minimum atomic E-state index is -3.02. The molecule has 0 radical (unpaired) electrons. The molecule has 1 atom stereocenters. The van der Waals surface area contributed by atoms with E-state index in [1.54, 1.807) is 16.9 Å². The van der Waals surface area contributed by atoms with E-state index in [1.807, 2.05) is 6.92 Å². The van der Waals surface area contributed by atoms with Gasteiger partial charge in [0.15, 0.2) is 9.84 Å². The summed E-state index contributed by atoms with van der Waals surface area (Å²) < 4.78 is 28.1. The Labute approximate surface area is 138 Å². The molecule has 8 heteroatoms. The van der Waals surface area contributed by atoms with Gasteiger partial charge < -0.3 is 14.5 Å². The number of carbonyl (C=O) groups is 2. The fourth-order valence-corrected chi connectivity index (χ4v) is 4.59. The predicted octanol–water partition coefficient (Wildman–Crippen LogP) is 0.297. The molecule has 7 nitrogen and oxygen atoms in total. The maximum atomic E-state index is 12.4. The summed E-state index contributed by atoms with van der Waals surface area (Å²) in [6.07, 6.45) is 1.45. The predicted molar refractivity (Wildman–Crippen MR) is 87.8 cm³/mol. The third-order valence-corrected chi connectivity index (χ3v) is 5.88. The zero-order chi connectivity index (χ0) is 17.5. The number of carbonyl (C=O) groups excluding carboxylic acids is 2. The highest BCUT2D eigenvalue weighted by atomic mass is 32.2. The molecule has 1 aliphatic rings. The number of methoxy groups -OCH3 is 1. The lowest BCUT2D eigenvalue weighted by atomic mass is 10.2. The van der Waals surface area contributed by atoms with Gasteiger partial charge in [0.25, 0.3) is 0 Å².